The molecule has 0 aliphatic carbocycles. The largest absolute Gasteiger partial charge is 0.472 e. The summed E-state index contributed by atoms with van der Waals surface area (Å²) in [6, 6.07) is -0.753. The Morgan fingerprint density at radius 2 is 0.750 bits per heavy atom. The van der Waals surface area contributed by atoms with Crippen molar-refractivity contribution in [3.63, 3.8) is 0 Å². The van der Waals surface area contributed by atoms with Gasteiger partial charge in [-0.25, -0.2) is 4.57 Å². The molecule has 0 aliphatic rings. The van der Waals surface area contributed by atoms with Crippen LogP contribution in [0.25, 0.3) is 0 Å². The second-order valence-electron chi connectivity index (χ2n) is 21.0. The zero-order valence-corrected chi connectivity index (χ0v) is 44.7. The number of quaternary nitrogens is 1. The lowest BCUT2D eigenvalue weighted by Gasteiger charge is -2.26. The standard InChI is InChI=1S/C55H113N2O6P/c1-6-8-10-12-14-16-17-18-19-20-21-22-23-24-25-26-27-28-29-30-31-32-33-34-35-36-37-38-39-41-43-45-47-49-55(59)56-53(52-63-64(60,61)62-51-50-57(3,4)5)54(58)48-46-44-42-40-15-13-11-9-7-2/h53-54,58H,6-52H2,1-5H3,(H-,56,59,60,61)/p+1/t53-,54+/m0/s1. The number of amides is 1. The number of phosphoric acid groups is 1. The zero-order valence-electron chi connectivity index (χ0n) is 43.8. The van der Waals surface area contributed by atoms with Gasteiger partial charge in [-0.1, -0.05) is 277 Å². The summed E-state index contributed by atoms with van der Waals surface area (Å²) in [6.07, 6.45) is 56.2. The van der Waals surface area contributed by atoms with Gasteiger partial charge in [0.15, 0.2) is 0 Å². The van der Waals surface area contributed by atoms with Crippen molar-refractivity contribution in [1.29, 1.82) is 0 Å². The van der Waals surface area contributed by atoms with Crippen LogP contribution in [-0.4, -0.2) is 73.4 Å². The average molecular weight is 930 g/mol. The van der Waals surface area contributed by atoms with E-state index in [4.69, 9.17) is 9.05 Å². The Labute approximate surface area is 399 Å². The van der Waals surface area contributed by atoms with Crippen LogP contribution in [0.3, 0.4) is 0 Å². The van der Waals surface area contributed by atoms with E-state index < -0.39 is 20.0 Å². The summed E-state index contributed by atoms with van der Waals surface area (Å²) in [5, 5.41) is 13.9. The fourth-order valence-electron chi connectivity index (χ4n) is 8.87. The lowest BCUT2D eigenvalue weighted by Crippen LogP contribution is -2.46. The molecule has 0 spiro atoms. The maximum Gasteiger partial charge on any atom is 0.472 e. The summed E-state index contributed by atoms with van der Waals surface area (Å²) in [6.45, 7) is 4.90. The summed E-state index contributed by atoms with van der Waals surface area (Å²) in [5.74, 6) is -0.140. The smallest absolute Gasteiger partial charge is 0.391 e. The summed E-state index contributed by atoms with van der Waals surface area (Å²) < 4.78 is 23.6. The molecule has 0 rings (SSSR count). The SMILES string of the molecule is CCCCCCCCCCCCCCCCCCCCCCCCCCCCCCCCCCCC(=O)N[C@@H](COP(=O)(O)OCC[N+](C)(C)C)[C@H](O)CCCCCCCCCCC. The van der Waals surface area contributed by atoms with Crippen LogP contribution in [0.1, 0.15) is 296 Å². The molecule has 8 nitrogen and oxygen atoms in total. The molecule has 0 aromatic heterocycles. The van der Waals surface area contributed by atoms with E-state index in [2.05, 4.69) is 19.2 Å². The van der Waals surface area contributed by atoms with E-state index in [1.54, 1.807) is 0 Å². The summed E-state index contributed by atoms with van der Waals surface area (Å²) in [7, 11) is 1.63. The van der Waals surface area contributed by atoms with Crippen molar-refractivity contribution in [1.82, 2.24) is 5.32 Å². The Balaban J connectivity index is 3.83. The van der Waals surface area contributed by atoms with E-state index in [0.717, 1.165) is 38.5 Å². The van der Waals surface area contributed by atoms with E-state index in [9.17, 15) is 19.4 Å². The van der Waals surface area contributed by atoms with E-state index in [0.29, 0.717) is 23.9 Å². The van der Waals surface area contributed by atoms with Gasteiger partial charge < -0.3 is 19.8 Å². The predicted molar refractivity (Wildman–Crippen MR) is 277 cm³/mol. The van der Waals surface area contributed by atoms with Gasteiger partial charge in [0.1, 0.15) is 13.2 Å². The first-order valence-corrected chi connectivity index (χ1v) is 29.9. The minimum atomic E-state index is -4.31. The van der Waals surface area contributed by atoms with Crippen molar-refractivity contribution >= 4 is 13.7 Å². The number of phosphoric ester groups is 1. The molecule has 3 N–H and O–H groups in total. The van der Waals surface area contributed by atoms with E-state index >= 15 is 0 Å². The Kier molecular flexibility index (Phi) is 47.2. The molecular weight excluding hydrogens is 816 g/mol. The van der Waals surface area contributed by atoms with Gasteiger partial charge >= 0.3 is 7.82 Å². The van der Waals surface area contributed by atoms with Crippen molar-refractivity contribution in [2.75, 3.05) is 40.9 Å². The maximum atomic E-state index is 12.9. The number of nitrogens with one attached hydrogen (secondary N) is 1. The molecule has 0 heterocycles. The highest BCUT2D eigenvalue weighted by molar-refractivity contribution is 7.47. The number of likely N-dealkylation sites (N-methyl/N-ethyl adjacent to an activating group) is 1. The second kappa shape index (κ2) is 47.6. The molecule has 0 aromatic carbocycles. The molecule has 0 saturated heterocycles. The fourth-order valence-corrected chi connectivity index (χ4v) is 9.61. The number of nitrogens with zero attached hydrogens (tertiary/aromatic N) is 1. The summed E-state index contributed by atoms with van der Waals surface area (Å²) >= 11 is 0. The summed E-state index contributed by atoms with van der Waals surface area (Å²) in [5.41, 5.74) is 0. The quantitative estimate of drug-likeness (QED) is 0.0319. The highest BCUT2D eigenvalue weighted by Crippen LogP contribution is 2.43. The third-order valence-corrected chi connectivity index (χ3v) is 14.3. The van der Waals surface area contributed by atoms with Gasteiger partial charge in [0, 0.05) is 6.42 Å². The number of aliphatic hydroxyl groups excluding tert-OH is 1. The number of carbonyl (C=O) groups is 1. The normalized spacial score (nSPS) is 13.9. The first-order valence-electron chi connectivity index (χ1n) is 28.4. The average Bonchev–Trinajstić information content (AvgIpc) is 3.25. The van der Waals surface area contributed by atoms with Crippen molar-refractivity contribution in [3.8, 4) is 0 Å². The van der Waals surface area contributed by atoms with E-state index in [1.165, 1.54) is 231 Å². The van der Waals surface area contributed by atoms with Crippen LogP contribution in [-0.2, 0) is 18.4 Å². The molecule has 0 saturated carbocycles. The van der Waals surface area contributed by atoms with E-state index in [-0.39, 0.29) is 19.1 Å². The first-order chi connectivity index (χ1) is 31.0. The number of hydrogen-bond donors (Lipinski definition) is 3. The molecule has 3 atom stereocenters. The lowest BCUT2D eigenvalue weighted by atomic mass is 10.0. The Morgan fingerprint density at radius 3 is 1.05 bits per heavy atom. The van der Waals surface area contributed by atoms with Crippen LogP contribution in [0, 0.1) is 0 Å². The molecule has 384 valence electrons. The third-order valence-electron chi connectivity index (χ3n) is 13.4. The van der Waals surface area contributed by atoms with Crippen LogP contribution in [0.15, 0.2) is 0 Å². The van der Waals surface area contributed by atoms with Crippen molar-refractivity contribution in [2.24, 2.45) is 0 Å². The molecule has 64 heavy (non-hydrogen) atoms. The van der Waals surface area contributed by atoms with Crippen LogP contribution in [0.2, 0.25) is 0 Å². The molecule has 0 bridgehead atoms. The van der Waals surface area contributed by atoms with Crippen LogP contribution in [0.4, 0.5) is 0 Å². The molecule has 9 heteroatoms. The van der Waals surface area contributed by atoms with Crippen LogP contribution >= 0.6 is 7.82 Å². The monoisotopic (exact) mass is 930 g/mol. The highest BCUT2D eigenvalue weighted by atomic mass is 31.2. The predicted octanol–water partition coefficient (Wildman–Crippen LogP) is 16.9. The minimum absolute atomic E-state index is 0.0784. The van der Waals surface area contributed by atoms with Gasteiger partial charge in [0.05, 0.1) is 39.9 Å². The Hall–Kier alpha value is -0.500. The molecule has 0 aliphatic heterocycles. The van der Waals surface area contributed by atoms with Crippen molar-refractivity contribution in [3.05, 3.63) is 0 Å². The first kappa shape index (κ1) is 63.5. The number of aliphatic hydroxyl groups is 1. The molecule has 1 unspecified atom stereocenters. The van der Waals surface area contributed by atoms with Gasteiger partial charge in [-0.15, -0.1) is 0 Å². The Morgan fingerprint density at radius 1 is 0.469 bits per heavy atom. The number of unbranched alkanes of at least 4 members (excludes halogenated alkanes) is 40. The van der Waals surface area contributed by atoms with Gasteiger partial charge in [-0.2, -0.15) is 0 Å². The van der Waals surface area contributed by atoms with Crippen molar-refractivity contribution < 1.29 is 32.9 Å². The molecule has 0 fully saturated rings. The third kappa shape index (κ3) is 49.4. The van der Waals surface area contributed by atoms with Gasteiger partial charge in [-0.05, 0) is 12.8 Å². The number of rotatable bonds is 53. The van der Waals surface area contributed by atoms with Crippen LogP contribution in [0.5, 0.6) is 0 Å². The van der Waals surface area contributed by atoms with E-state index in [1.807, 2.05) is 21.1 Å². The Bertz CT molecular complexity index is 1010. The topological polar surface area (TPSA) is 105 Å². The molecule has 1 amide bonds. The molecule has 0 radical (unpaired) electrons. The van der Waals surface area contributed by atoms with Gasteiger partial charge in [0.25, 0.3) is 0 Å². The molecular formula is C55H114N2O6P+. The number of hydrogen-bond acceptors (Lipinski definition) is 5. The van der Waals surface area contributed by atoms with Crippen LogP contribution < -0.4 is 5.32 Å². The minimum Gasteiger partial charge on any atom is -0.391 e. The summed E-state index contributed by atoms with van der Waals surface area (Å²) in [4.78, 5) is 23.2. The maximum absolute atomic E-state index is 12.9. The zero-order chi connectivity index (χ0) is 47.1. The second-order valence-corrected chi connectivity index (χ2v) is 22.5. The van der Waals surface area contributed by atoms with Gasteiger partial charge in [-0.3, -0.25) is 13.8 Å². The van der Waals surface area contributed by atoms with Gasteiger partial charge in [0.2, 0.25) is 5.91 Å². The highest BCUT2D eigenvalue weighted by Gasteiger charge is 2.28. The number of carbonyl (C=O) groups excluding carboxylic acids is 1. The fraction of sp³-hybridized carbons (Fsp3) is 0.982. The lowest BCUT2D eigenvalue weighted by molar-refractivity contribution is -0.870. The molecule has 0 aromatic rings. The van der Waals surface area contributed by atoms with Crippen molar-refractivity contribution in [2.45, 2.75) is 309 Å².